The van der Waals surface area contributed by atoms with Crippen LogP contribution in [0.3, 0.4) is 0 Å². The average molecular weight is 507 g/mol. The summed E-state index contributed by atoms with van der Waals surface area (Å²) in [5.74, 6) is 0.594. The molecular weight excluding hydrogens is 488 g/mol. The number of carbonyl (C=O) groups excluding carboxylic acids is 1. The summed E-state index contributed by atoms with van der Waals surface area (Å²) in [6, 6.07) is 23.3. The number of aromatic nitrogens is 4. The minimum Gasteiger partial charge on any atom is -0.272 e. The average Bonchev–Trinajstić information content (AvgIpc) is 3.22. The van der Waals surface area contributed by atoms with E-state index in [0.29, 0.717) is 16.7 Å². The summed E-state index contributed by atoms with van der Waals surface area (Å²) in [5.41, 5.74) is 5.93. The van der Waals surface area contributed by atoms with Gasteiger partial charge >= 0.3 is 0 Å². The van der Waals surface area contributed by atoms with Gasteiger partial charge in [0.2, 0.25) is 0 Å². The van der Waals surface area contributed by atoms with Crippen LogP contribution in [0, 0.1) is 6.92 Å². The number of benzene rings is 2. The molecule has 4 aromatic rings. The molecule has 2 aromatic carbocycles. The summed E-state index contributed by atoms with van der Waals surface area (Å²) in [6.07, 6.45) is 1.52. The minimum atomic E-state index is -0.245. The van der Waals surface area contributed by atoms with E-state index in [1.54, 1.807) is 0 Å². The van der Waals surface area contributed by atoms with E-state index in [2.05, 4.69) is 41.6 Å². The molecule has 0 radical (unpaired) electrons. The monoisotopic (exact) mass is 506 g/mol. The molecular formula is C23H19BrN6OS. The molecule has 7 nitrogen and oxygen atoms in total. The SMILES string of the molecule is Cc1cccc(/C=N/NC(=O)CSc2nnc(-c3cccc(Br)c3)n2-c2ccccc2)n1. The van der Waals surface area contributed by atoms with Crippen molar-refractivity contribution in [3.63, 3.8) is 0 Å². The minimum absolute atomic E-state index is 0.141. The van der Waals surface area contributed by atoms with Crippen molar-refractivity contribution in [1.82, 2.24) is 25.2 Å². The predicted molar refractivity (Wildman–Crippen MR) is 130 cm³/mol. The van der Waals surface area contributed by atoms with Crippen LogP contribution in [0.4, 0.5) is 0 Å². The molecule has 160 valence electrons. The van der Waals surface area contributed by atoms with Gasteiger partial charge in [-0.1, -0.05) is 64.1 Å². The van der Waals surface area contributed by atoms with E-state index in [4.69, 9.17) is 0 Å². The Morgan fingerprint density at radius 2 is 1.91 bits per heavy atom. The van der Waals surface area contributed by atoms with Crippen LogP contribution in [0.15, 0.2) is 87.5 Å². The van der Waals surface area contributed by atoms with Gasteiger partial charge in [-0.3, -0.25) is 14.3 Å². The van der Waals surface area contributed by atoms with Gasteiger partial charge in [0.15, 0.2) is 11.0 Å². The molecule has 2 heterocycles. The standard InChI is InChI=1S/C23H19BrN6OS/c1-16-7-5-10-19(26-16)14-25-27-21(31)15-32-23-29-28-22(17-8-6-9-18(24)13-17)30(23)20-11-3-2-4-12-20/h2-14H,15H2,1H3,(H,27,31)/b25-14+. The fraction of sp³-hybridized carbons (Fsp3) is 0.0870. The zero-order valence-corrected chi connectivity index (χ0v) is 19.5. The molecule has 0 fully saturated rings. The van der Waals surface area contributed by atoms with Gasteiger partial charge in [-0.25, -0.2) is 5.43 Å². The van der Waals surface area contributed by atoms with Crippen LogP contribution >= 0.6 is 27.7 Å². The molecule has 0 aliphatic rings. The van der Waals surface area contributed by atoms with Gasteiger partial charge in [-0.2, -0.15) is 5.10 Å². The predicted octanol–water partition coefficient (Wildman–Crippen LogP) is 4.64. The number of hydrogen-bond donors (Lipinski definition) is 1. The molecule has 4 rings (SSSR count). The van der Waals surface area contributed by atoms with E-state index < -0.39 is 0 Å². The third kappa shape index (κ3) is 5.49. The van der Waals surface area contributed by atoms with Crippen molar-refractivity contribution < 1.29 is 4.79 Å². The number of pyridine rings is 1. The molecule has 0 unspecified atom stereocenters. The van der Waals surface area contributed by atoms with Crippen molar-refractivity contribution in [3.8, 4) is 17.1 Å². The van der Waals surface area contributed by atoms with Crippen molar-refractivity contribution >= 4 is 39.8 Å². The Kier molecular flexibility index (Phi) is 7.08. The van der Waals surface area contributed by atoms with Crippen LogP contribution < -0.4 is 5.43 Å². The number of nitrogens with one attached hydrogen (secondary N) is 1. The second-order valence-corrected chi connectivity index (χ2v) is 8.63. The Hall–Kier alpha value is -3.30. The summed E-state index contributed by atoms with van der Waals surface area (Å²) in [4.78, 5) is 16.6. The van der Waals surface area contributed by atoms with Crippen LogP contribution in [-0.2, 0) is 4.79 Å². The molecule has 0 atom stereocenters. The molecule has 0 saturated heterocycles. The molecule has 0 saturated carbocycles. The van der Waals surface area contributed by atoms with E-state index in [-0.39, 0.29) is 11.7 Å². The fourth-order valence-corrected chi connectivity index (χ4v) is 4.10. The molecule has 0 bridgehead atoms. The quantitative estimate of drug-likeness (QED) is 0.224. The molecule has 1 N–H and O–H groups in total. The third-order valence-corrected chi connectivity index (χ3v) is 5.78. The highest BCUT2D eigenvalue weighted by Gasteiger charge is 2.17. The first-order valence-electron chi connectivity index (χ1n) is 9.75. The maximum Gasteiger partial charge on any atom is 0.250 e. The zero-order valence-electron chi connectivity index (χ0n) is 17.1. The lowest BCUT2D eigenvalue weighted by atomic mass is 10.2. The summed E-state index contributed by atoms with van der Waals surface area (Å²) < 4.78 is 2.90. The number of rotatable bonds is 7. The van der Waals surface area contributed by atoms with E-state index >= 15 is 0 Å². The maximum absolute atomic E-state index is 12.3. The van der Waals surface area contributed by atoms with Crippen LogP contribution in [0.25, 0.3) is 17.1 Å². The first-order chi connectivity index (χ1) is 15.6. The number of para-hydroxylation sites is 1. The van der Waals surface area contributed by atoms with Crippen molar-refractivity contribution in [3.05, 3.63) is 88.7 Å². The van der Waals surface area contributed by atoms with Crippen molar-refractivity contribution in [2.45, 2.75) is 12.1 Å². The first kappa shape index (κ1) is 21.9. The summed E-state index contributed by atoms with van der Waals surface area (Å²) in [5, 5.41) is 13.3. The van der Waals surface area contributed by atoms with Gasteiger partial charge in [-0.15, -0.1) is 10.2 Å². The lowest BCUT2D eigenvalue weighted by Gasteiger charge is -2.10. The second-order valence-electron chi connectivity index (χ2n) is 6.77. The molecule has 2 aromatic heterocycles. The Bertz CT molecular complexity index is 1260. The maximum atomic E-state index is 12.3. The second kappa shape index (κ2) is 10.3. The van der Waals surface area contributed by atoms with Crippen molar-refractivity contribution in [2.24, 2.45) is 5.10 Å². The normalized spacial score (nSPS) is 11.1. The Morgan fingerprint density at radius 1 is 1.09 bits per heavy atom. The first-order valence-corrected chi connectivity index (χ1v) is 11.5. The number of aryl methyl sites for hydroxylation is 1. The van der Waals surface area contributed by atoms with Gasteiger partial charge in [0.1, 0.15) is 0 Å². The number of halogens is 1. The molecule has 0 aliphatic carbocycles. The Balaban J connectivity index is 1.50. The van der Waals surface area contributed by atoms with E-state index in [1.165, 1.54) is 18.0 Å². The summed E-state index contributed by atoms with van der Waals surface area (Å²) >= 11 is 4.80. The summed E-state index contributed by atoms with van der Waals surface area (Å²) in [6.45, 7) is 1.90. The van der Waals surface area contributed by atoms with Crippen molar-refractivity contribution in [2.75, 3.05) is 5.75 Å². The van der Waals surface area contributed by atoms with E-state index in [9.17, 15) is 4.79 Å². The van der Waals surface area contributed by atoms with Crippen molar-refractivity contribution in [1.29, 1.82) is 0 Å². The number of thioether (sulfide) groups is 1. The Morgan fingerprint density at radius 3 is 2.69 bits per heavy atom. The van der Waals surface area contributed by atoms with Crippen LogP contribution in [0.2, 0.25) is 0 Å². The third-order valence-electron chi connectivity index (χ3n) is 4.36. The van der Waals surface area contributed by atoms with Gasteiger partial charge < -0.3 is 0 Å². The highest BCUT2D eigenvalue weighted by molar-refractivity contribution is 9.10. The highest BCUT2D eigenvalue weighted by Crippen LogP contribution is 2.29. The smallest absolute Gasteiger partial charge is 0.250 e. The molecule has 32 heavy (non-hydrogen) atoms. The van der Waals surface area contributed by atoms with E-state index in [1.807, 2.05) is 84.3 Å². The molecule has 9 heteroatoms. The number of hydrazone groups is 1. The molecule has 1 amide bonds. The topological polar surface area (TPSA) is 85.1 Å². The van der Waals surface area contributed by atoms with E-state index in [0.717, 1.165) is 21.4 Å². The van der Waals surface area contributed by atoms with Crippen LogP contribution in [-0.4, -0.2) is 37.6 Å². The largest absolute Gasteiger partial charge is 0.272 e. The lowest BCUT2D eigenvalue weighted by Crippen LogP contribution is -2.20. The Labute approximate surface area is 198 Å². The number of carbonyl (C=O) groups is 1. The van der Waals surface area contributed by atoms with Gasteiger partial charge in [0.05, 0.1) is 17.7 Å². The molecule has 0 aliphatic heterocycles. The van der Waals surface area contributed by atoms with Crippen LogP contribution in [0.5, 0.6) is 0 Å². The lowest BCUT2D eigenvalue weighted by molar-refractivity contribution is -0.118. The number of hydrogen-bond acceptors (Lipinski definition) is 6. The zero-order chi connectivity index (χ0) is 22.3. The summed E-state index contributed by atoms with van der Waals surface area (Å²) in [7, 11) is 0. The highest BCUT2D eigenvalue weighted by atomic mass is 79.9. The van der Waals surface area contributed by atoms with Gasteiger partial charge in [-0.05, 0) is 43.3 Å². The number of nitrogens with zero attached hydrogens (tertiary/aromatic N) is 5. The van der Waals surface area contributed by atoms with Gasteiger partial charge in [0, 0.05) is 21.4 Å². The number of amides is 1. The van der Waals surface area contributed by atoms with Gasteiger partial charge in [0.25, 0.3) is 5.91 Å². The van der Waals surface area contributed by atoms with Crippen LogP contribution in [0.1, 0.15) is 11.4 Å². The fourth-order valence-electron chi connectivity index (χ4n) is 2.96. The molecule has 0 spiro atoms.